The van der Waals surface area contributed by atoms with Crippen molar-refractivity contribution in [1.82, 2.24) is 9.78 Å². The van der Waals surface area contributed by atoms with Gasteiger partial charge in [-0.3, -0.25) is 4.79 Å². The van der Waals surface area contributed by atoms with Crippen LogP contribution >= 0.6 is 0 Å². The van der Waals surface area contributed by atoms with Crippen molar-refractivity contribution in [2.75, 3.05) is 25.7 Å². The van der Waals surface area contributed by atoms with Crippen LogP contribution in [0.1, 0.15) is 35.3 Å². The van der Waals surface area contributed by atoms with Crippen LogP contribution in [0.4, 0.5) is 5.69 Å². The molecule has 0 amide bonds. The van der Waals surface area contributed by atoms with Gasteiger partial charge in [-0.2, -0.15) is 9.46 Å². The highest BCUT2D eigenvalue weighted by atomic mass is 32.2. The van der Waals surface area contributed by atoms with Crippen LogP contribution in [-0.4, -0.2) is 45.5 Å². The Hall–Kier alpha value is -3.85. The number of nitrogens with zero attached hydrogens (tertiary/aromatic N) is 3. The Kier molecular flexibility index (Phi) is 7.83. The van der Waals surface area contributed by atoms with Gasteiger partial charge in [0.2, 0.25) is 11.7 Å². The van der Waals surface area contributed by atoms with E-state index in [2.05, 4.69) is 21.6 Å². The molecule has 4 aromatic rings. The predicted molar refractivity (Wildman–Crippen MR) is 146 cm³/mol. The molecule has 37 heavy (non-hydrogen) atoms. The topological polar surface area (TPSA) is 92.0 Å². The summed E-state index contributed by atoms with van der Waals surface area (Å²) < 4.78 is 36.4. The molecular weight excluding hydrogens is 490 g/mol. The molecule has 1 aromatic heterocycles. The van der Waals surface area contributed by atoms with Crippen LogP contribution in [-0.2, 0) is 23.4 Å². The van der Waals surface area contributed by atoms with E-state index in [1.165, 1.54) is 25.1 Å². The number of hydrogen-bond donors (Lipinski definition) is 0. The molecular formula is C28H31N3O5S. The van der Waals surface area contributed by atoms with Crippen molar-refractivity contribution in [2.24, 2.45) is 11.4 Å². The molecule has 8 nitrogen and oxygen atoms in total. The van der Waals surface area contributed by atoms with Gasteiger partial charge in [0.15, 0.2) is 11.4 Å². The summed E-state index contributed by atoms with van der Waals surface area (Å²) >= 11 is 0. The lowest BCUT2D eigenvalue weighted by molar-refractivity contribution is 0.103. The van der Waals surface area contributed by atoms with Gasteiger partial charge in [-0.1, -0.05) is 50.2 Å². The molecule has 0 aliphatic heterocycles. The van der Waals surface area contributed by atoms with Gasteiger partial charge in [0.25, 0.3) is 0 Å². The third-order valence-electron chi connectivity index (χ3n) is 6.24. The van der Waals surface area contributed by atoms with Gasteiger partial charge < -0.3 is 14.2 Å². The molecule has 3 aromatic carbocycles. The number of aryl methyl sites for hydroxylation is 1. The SMILES string of the molecule is CCS(=O)(CC)=Nc1c(OC)ccc(C(=O)c2cnn(C)c2OCc2ccc3ccccc3c2)c1OC. The summed E-state index contributed by atoms with van der Waals surface area (Å²) in [6, 6.07) is 17.4. The normalized spacial score (nSPS) is 11.4. The van der Waals surface area contributed by atoms with Crippen molar-refractivity contribution >= 4 is 32.0 Å². The Bertz CT molecular complexity index is 1560. The van der Waals surface area contributed by atoms with Gasteiger partial charge >= 0.3 is 0 Å². The van der Waals surface area contributed by atoms with Crippen LogP contribution in [0, 0.1) is 0 Å². The van der Waals surface area contributed by atoms with Gasteiger partial charge in [0, 0.05) is 18.6 Å². The Balaban J connectivity index is 1.71. The van der Waals surface area contributed by atoms with Gasteiger partial charge in [-0.25, -0.2) is 8.89 Å². The number of aromatic nitrogens is 2. The summed E-state index contributed by atoms with van der Waals surface area (Å²) in [4.78, 5) is 13.7. The molecule has 0 unspecified atom stereocenters. The molecule has 0 spiro atoms. The predicted octanol–water partition coefficient (Wildman–Crippen LogP) is 5.54. The second-order valence-corrected chi connectivity index (χ2v) is 11.3. The van der Waals surface area contributed by atoms with E-state index in [0.717, 1.165) is 16.3 Å². The number of benzene rings is 3. The van der Waals surface area contributed by atoms with Crippen molar-refractivity contribution < 1.29 is 23.2 Å². The fraction of sp³-hybridized carbons (Fsp3) is 0.286. The number of ketones is 1. The fourth-order valence-electron chi connectivity index (χ4n) is 4.07. The first kappa shape index (κ1) is 26.2. The van der Waals surface area contributed by atoms with Gasteiger partial charge in [0.05, 0.1) is 35.7 Å². The Morgan fingerprint density at radius 2 is 1.70 bits per heavy atom. The Morgan fingerprint density at radius 3 is 2.38 bits per heavy atom. The van der Waals surface area contributed by atoms with Crippen LogP contribution in [0.15, 0.2) is 65.2 Å². The number of fused-ring (bicyclic) bond motifs is 1. The molecule has 0 fully saturated rings. The van der Waals surface area contributed by atoms with E-state index in [-0.39, 0.29) is 35.0 Å². The van der Waals surface area contributed by atoms with Crippen molar-refractivity contribution in [3.8, 4) is 17.4 Å². The lowest BCUT2D eigenvalue weighted by atomic mass is 10.0. The third kappa shape index (κ3) is 5.32. The molecule has 0 bridgehead atoms. The summed E-state index contributed by atoms with van der Waals surface area (Å²) in [5, 5.41) is 6.51. The average Bonchev–Trinajstić information content (AvgIpc) is 3.30. The van der Waals surface area contributed by atoms with Crippen LogP contribution in [0.3, 0.4) is 0 Å². The number of hydrogen-bond acceptors (Lipinski definition) is 7. The van der Waals surface area contributed by atoms with E-state index in [0.29, 0.717) is 23.1 Å². The molecule has 194 valence electrons. The third-order valence-corrected chi connectivity index (χ3v) is 8.56. The standard InChI is InChI=1S/C28H31N3O5S/c1-6-37(33,7-2)30-25-24(34-4)15-14-22(27(25)35-5)26(32)23-17-29-31(3)28(23)36-18-19-12-13-20-10-8-9-11-21(20)16-19/h8-17H,6-7,18H2,1-5H3. The first-order valence-corrected chi connectivity index (χ1v) is 13.8. The average molecular weight is 522 g/mol. The number of carbonyl (C=O) groups excluding carboxylic acids is 1. The molecule has 0 saturated heterocycles. The number of methoxy groups -OCH3 is 2. The monoisotopic (exact) mass is 521 g/mol. The van der Waals surface area contributed by atoms with Crippen LogP contribution in [0.5, 0.6) is 17.4 Å². The van der Waals surface area contributed by atoms with Gasteiger partial charge in [-0.15, -0.1) is 0 Å². The maximum Gasteiger partial charge on any atom is 0.223 e. The number of carbonyl (C=O) groups is 1. The first-order valence-electron chi connectivity index (χ1n) is 12.0. The fourth-order valence-corrected chi connectivity index (χ4v) is 5.24. The molecule has 0 aliphatic rings. The van der Waals surface area contributed by atoms with E-state index in [1.807, 2.05) is 44.2 Å². The highest BCUT2D eigenvalue weighted by Gasteiger charge is 2.26. The first-order chi connectivity index (χ1) is 17.8. The molecule has 0 radical (unpaired) electrons. The van der Waals surface area contributed by atoms with Crippen LogP contribution in [0.25, 0.3) is 10.8 Å². The largest absolute Gasteiger partial charge is 0.494 e. The maximum absolute atomic E-state index is 13.7. The summed E-state index contributed by atoms with van der Waals surface area (Å²) in [5.41, 5.74) is 1.76. The van der Waals surface area contributed by atoms with E-state index in [9.17, 15) is 9.00 Å². The van der Waals surface area contributed by atoms with Gasteiger partial charge in [0.1, 0.15) is 17.9 Å². The maximum atomic E-state index is 13.7. The van der Waals surface area contributed by atoms with Crippen LogP contribution in [0.2, 0.25) is 0 Å². The smallest absolute Gasteiger partial charge is 0.223 e. The highest BCUT2D eigenvalue weighted by Crippen LogP contribution is 2.42. The summed E-state index contributed by atoms with van der Waals surface area (Å²) in [6.45, 7) is 3.90. The van der Waals surface area contributed by atoms with Gasteiger partial charge in [-0.05, 0) is 34.5 Å². The van der Waals surface area contributed by atoms with Crippen molar-refractivity contribution in [3.05, 3.63) is 77.5 Å². The lowest BCUT2D eigenvalue weighted by Gasteiger charge is -2.15. The number of ether oxygens (including phenoxy) is 3. The highest BCUT2D eigenvalue weighted by molar-refractivity contribution is 7.93. The van der Waals surface area contributed by atoms with E-state index in [1.54, 1.807) is 19.2 Å². The number of rotatable bonds is 10. The minimum Gasteiger partial charge on any atom is -0.494 e. The minimum atomic E-state index is -2.54. The second kappa shape index (κ2) is 11.0. The molecule has 4 rings (SSSR count). The van der Waals surface area contributed by atoms with E-state index >= 15 is 0 Å². The van der Waals surface area contributed by atoms with Crippen molar-refractivity contribution in [2.45, 2.75) is 20.5 Å². The molecule has 0 aliphatic carbocycles. The molecule has 0 N–H and O–H groups in total. The summed E-state index contributed by atoms with van der Waals surface area (Å²) in [7, 11) is 2.13. The minimum absolute atomic E-state index is 0.198. The Morgan fingerprint density at radius 1 is 0.973 bits per heavy atom. The van der Waals surface area contributed by atoms with Crippen molar-refractivity contribution in [3.63, 3.8) is 0 Å². The second-order valence-electron chi connectivity index (χ2n) is 8.42. The van der Waals surface area contributed by atoms with Crippen LogP contribution < -0.4 is 14.2 Å². The Labute approximate surface area is 217 Å². The summed E-state index contributed by atoms with van der Waals surface area (Å²) in [5.74, 6) is 1.29. The lowest BCUT2D eigenvalue weighted by Crippen LogP contribution is -2.09. The van der Waals surface area contributed by atoms with E-state index in [4.69, 9.17) is 14.2 Å². The zero-order chi connectivity index (χ0) is 26.6. The zero-order valence-electron chi connectivity index (χ0n) is 21.7. The zero-order valence-corrected chi connectivity index (χ0v) is 22.5. The molecule has 0 atom stereocenters. The van der Waals surface area contributed by atoms with E-state index < -0.39 is 9.73 Å². The van der Waals surface area contributed by atoms with Crippen molar-refractivity contribution in [1.29, 1.82) is 0 Å². The molecule has 1 heterocycles. The molecule has 9 heteroatoms. The quantitative estimate of drug-likeness (QED) is 0.255. The summed E-state index contributed by atoms with van der Waals surface area (Å²) in [6.07, 6.45) is 1.47. The molecule has 0 saturated carbocycles.